The summed E-state index contributed by atoms with van der Waals surface area (Å²) in [5, 5.41) is 3.58. The number of nitrogens with one attached hydrogen (secondary N) is 1. The maximum absolute atomic E-state index is 5.45. The molecule has 1 aromatic rings. The second-order valence-corrected chi connectivity index (χ2v) is 5.24. The van der Waals surface area contributed by atoms with Crippen LogP contribution in [0.3, 0.4) is 0 Å². The van der Waals surface area contributed by atoms with E-state index >= 15 is 0 Å². The summed E-state index contributed by atoms with van der Waals surface area (Å²) in [4.78, 5) is 4.03. The van der Waals surface area contributed by atoms with Crippen LogP contribution in [0.2, 0.25) is 0 Å². The number of methoxy groups -OCH3 is 1. The molecule has 1 aromatic heterocycles. The second-order valence-electron chi connectivity index (χ2n) is 5.24. The Kier molecular flexibility index (Phi) is 5.09. The number of pyridine rings is 1. The van der Waals surface area contributed by atoms with E-state index in [0.29, 0.717) is 12.1 Å². The van der Waals surface area contributed by atoms with Crippen LogP contribution in [0.4, 0.5) is 0 Å². The van der Waals surface area contributed by atoms with Crippen LogP contribution < -0.4 is 5.32 Å². The molecule has 2 atom stereocenters. The molecule has 0 spiro atoms. The highest BCUT2D eigenvalue weighted by Crippen LogP contribution is 2.18. The molecule has 96 valence electrons. The Bertz CT molecular complexity index is 324. The zero-order valence-electron chi connectivity index (χ0n) is 11.5. The fourth-order valence-corrected chi connectivity index (χ4v) is 2.05. The molecule has 0 aliphatic carbocycles. The Morgan fingerprint density at radius 1 is 1.29 bits per heavy atom. The minimum Gasteiger partial charge on any atom is -0.379 e. The molecule has 1 unspecified atom stereocenters. The Morgan fingerprint density at radius 2 is 1.88 bits per heavy atom. The van der Waals surface area contributed by atoms with Gasteiger partial charge in [-0.05, 0) is 51.8 Å². The molecule has 0 aromatic carbocycles. The number of hydrogen-bond donors (Lipinski definition) is 1. The minimum atomic E-state index is -0.0790. The van der Waals surface area contributed by atoms with Gasteiger partial charge in [0.2, 0.25) is 0 Å². The highest BCUT2D eigenvalue weighted by Gasteiger charge is 2.21. The Morgan fingerprint density at radius 3 is 2.41 bits per heavy atom. The molecular weight excluding hydrogens is 212 g/mol. The zero-order chi connectivity index (χ0) is 12.9. The lowest BCUT2D eigenvalue weighted by atomic mass is 9.98. The SMILES string of the molecule is COC(C)(C)CC(C)N[C@H](C)c1ccncc1. The van der Waals surface area contributed by atoms with Crippen molar-refractivity contribution in [3.63, 3.8) is 0 Å². The summed E-state index contributed by atoms with van der Waals surface area (Å²) in [6.45, 7) is 8.59. The summed E-state index contributed by atoms with van der Waals surface area (Å²) in [6, 6.07) is 4.84. The van der Waals surface area contributed by atoms with Crippen molar-refractivity contribution in [2.45, 2.75) is 51.8 Å². The van der Waals surface area contributed by atoms with Crippen molar-refractivity contribution in [2.24, 2.45) is 0 Å². The van der Waals surface area contributed by atoms with E-state index in [-0.39, 0.29) is 5.60 Å². The van der Waals surface area contributed by atoms with E-state index < -0.39 is 0 Å². The van der Waals surface area contributed by atoms with Crippen LogP contribution in [0.25, 0.3) is 0 Å². The number of rotatable bonds is 6. The van der Waals surface area contributed by atoms with E-state index in [1.54, 1.807) is 7.11 Å². The third kappa shape index (κ3) is 4.84. The first-order valence-corrected chi connectivity index (χ1v) is 6.16. The van der Waals surface area contributed by atoms with Gasteiger partial charge in [0, 0.05) is 31.6 Å². The van der Waals surface area contributed by atoms with Gasteiger partial charge >= 0.3 is 0 Å². The number of aromatic nitrogens is 1. The summed E-state index contributed by atoms with van der Waals surface area (Å²) in [5.74, 6) is 0. The van der Waals surface area contributed by atoms with Crippen molar-refractivity contribution < 1.29 is 4.74 Å². The zero-order valence-corrected chi connectivity index (χ0v) is 11.5. The molecule has 0 aliphatic rings. The fourth-order valence-electron chi connectivity index (χ4n) is 2.05. The average molecular weight is 236 g/mol. The number of hydrogen-bond acceptors (Lipinski definition) is 3. The lowest BCUT2D eigenvalue weighted by molar-refractivity contribution is 0.00782. The van der Waals surface area contributed by atoms with Gasteiger partial charge in [0.1, 0.15) is 0 Å². The molecule has 3 nitrogen and oxygen atoms in total. The molecule has 1 rings (SSSR count). The molecule has 1 N–H and O–H groups in total. The molecule has 0 amide bonds. The molecule has 0 radical (unpaired) electrons. The topological polar surface area (TPSA) is 34.1 Å². The molecule has 3 heteroatoms. The lowest BCUT2D eigenvalue weighted by Crippen LogP contribution is -2.36. The standard InChI is InChI=1S/C14H24N2O/c1-11(10-14(3,4)17-5)16-12(2)13-6-8-15-9-7-13/h6-9,11-12,16H,10H2,1-5H3/t11?,12-/m1/s1. The van der Waals surface area contributed by atoms with Gasteiger partial charge in [-0.15, -0.1) is 0 Å². The van der Waals surface area contributed by atoms with Gasteiger partial charge in [0.05, 0.1) is 5.60 Å². The average Bonchev–Trinajstić information content (AvgIpc) is 2.29. The Labute approximate surface area is 105 Å². The third-order valence-corrected chi connectivity index (χ3v) is 3.09. The normalized spacial score (nSPS) is 15.6. The van der Waals surface area contributed by atoms with Crippen LogP contribution in [-0.2, 0) is 4.74 Å². The van der Waals surface area contributed by atoms with E-state index in [1.165, 1.54) is 5.56 Å². The third-order valence-electron chi connectivity index (χ3n) is 3.09. The Hall–Kier alpha value is -0.930. The smallest absolute Gasteiger partial charge is 0.0637 e. The van der Waals surface area contributed by atoms with E-state index in [9.17, 15) is 0 Å². The van der Waals surface area contributed by atoms with Crippen LogP contribution in [0.1, 0.15) is 45.7 Å². The summed E-state index contributed by atoms with van der Waals surface area (Å²) in [6.07, 6.45) is 4.65. The lowest BCUT2D eigenvalue weighted by Gasteiger charge is -2.29. The molecule has 1 heterocycles. The van der Waals surface area contributed by atoms with Crippen LogP contribution >= 0.6 is 0 Å². The van der Waals surface area contributed by atoms with Gasteiger partial charge < -0.3 is 10.1 Å². The monoisotopic (exact) mass is 236 g/mol. The first kappa shape index (κ1) is 14.1. The van der Waals surface area contributed by atoms with Gasteiger partial charge in [-0.1, -0.05) is 0 Å². The molecular formula is C14H24N2O. The van der Waals surface area contributed by atoms with Crippen molar-refractivity contribution >= 4 is 0 Å². The second kappa shape index (κ2) is 6.12. The molecule has 0 aliphatic heterocycles. The minimum absolute atomic E-state index is 0.0790. The molecule has 17 heavy (non-hydrogen) atoms. The summed E-state index contributed by atoms with van der Waals surface area (Å²) in [5.41, 5.74) is 1.19. The van der Waals surface area contributed by atoms with Crippen molar-refractivity contribution in [3.05, 3.63) is 30.1 Å². The molecule has 0 bridgehead atoms. The van der Waals surface area contributed by atoms with E-state index in [2.05, 4.69) is 38.0 Å². The van der Waals surface area contributed by atoms with Crippen molar-refractivity contribution in [1.82, 2.24) is 10.3 Å². The van der Waals surface area contributed by atoms with Gasteiger partial charge in [-0.2, -0.15) is 0 Å². The fraction of sp³-hybridized carbons (Fsp3) is 0.643. The van der Waals surface area contributed by atoms with E-state index in [1.807, 2.05) is 24.5 Å². The quantitative estimate of drug-likeness (QED) is 0.824. The van der Waals surface area contributed by atoms with Crippen LogP contribution in [-0.4, -0.2) is 23.7 Å². The predicted octanol–water partition coefficient (Wildman–Crippen LogP) is 2.94. The summed E-state index contributed by atoms with van der Waals surface area (Å²) in [7, 11) is 1.76. The van der Waals surface area contributed by atoms with Gasteiger partial charge in [-0.25, -0.2) is 0 Å². The van der Waals surface area contributed by atoms with Gasteiger partial charge in [0.25, 0.3) is 0 Å². The highest BCUT2D eigenvalue weighted by atomic mass is 16.5. The maximum atomic E-state index is 5.45. The molecule has 0 fully saturated rings. The first-order chi connectivity index (χ1) is 7.94. The van der Waals surface area contributed by atoms with E-state index in [0.717, 1.165) is 6.42 Å². The van der Waals surface area contributed by atoms with Crippen molar-refractivity contribution in [2.75, 3.05) is 7.11 Å². The van der Waals surface area contributed by atoms with Crippen LogP contribution in [0, 0.1) is 0 Å². The van der Waals surface area contributed by atoms with Crippen molar-refractivity contribution in [1.29, 1.82) is 0 Å². The van der Waals surface area contributed by atoms with Gasteiger partial charge in [-0.3, -0.25) is 4.98 Å². The number of ether oxygens (including phenoxy) is 1. The highest BCUT2D eigenvalue weighted by molar-refractivity contribution is 5.14. The first-order valence-electron chi connectivity index (χ1n) is 6.16. The molecule has 0 saturated carbocycles. The summed E-state index contributed by atoms with van der Waals surface area (Å²) >= 11 is 0. The van der Waals surface area contributed by atoms with Gasteiger partial charge in [0.15, 0.2) is 0 Å². The van der Waals surface area contributed by atoms with Crippen molar-refractivity contribution in [3.8, 4) is 0 Å². The van der Waals surface area contributed by atoms with Crippen LogP contribution in [0.5, 0.6) is 0 Å². The van der Waals surface area contributed by atoms with E-state index in [4.69, 9.17) is 4.74 Å². The molecule has 0 saturated heterocycles. The maximum Gasteiger partial charge on any atom is 0.0637 e. The summed E-state index contributed by atoms with van der Waals surface area (Å²) < 4.78 is 5.45. The largest absolute Gasteiger partial charge is 0.379 e. The Balaban J connectivity index is 2.49. The van der Waals surface area contributed by atoms with Crippen LogP contribution in [0.15, 0.2) is 24.5 Å². The number of nitrogens with zero attached hydrogens (tertiary/aromatic N) is 1. The predicted molar refractivity (Wildman–Crippen MR) is 71.0 cm³/mol.